The number of rotatable bonds is 6. The van der Waals surface area contributed by atoms with Crippen molar-refractivity contribution < 1.29 is 29.6 Å². The fourth-order valence-electron chi connectivity index (χ4n) is 2.33. The van der Waals surface area contributed by atoms with E-state index in [2.05, 4.69) is 0 Å². The molecule has 0 saturated heterocycles. The van der Waals surface area contributed by atoms with Crippen LogP contribution in [0, 0.1) is 0 Å². The Morgan fingerprint density at radius 1 is 1.14 bits per heavy atom. The lowest BCUT2D eigenvalue weighted by molar-refractivity contribution is -0.140. The third-order valence-electron chi connectivity index (χ3n) is 3.21. The Balaban J connectivity index is 3.74. The molecule has 0 aliphatic rings. The predicted octanol–water partition coefficient (Wildman–Crippen LogP) is 2.30. The van der Waals surface area contributed by atoms with Gasteiger partial charge in [-0.05, 0) is 30.0 Å². The van der Waals surface area contributed by atoms with Crippen LogP contribution >= 0.6 is 0 Å². The van der Waals surface area contributed by atoms with Gasteiger partial charge < -0.3 is 20.1 Å². The highest BCUT2D eigenvalue weighted by Crippen LogP contribution is 2.37. The Kier molecular flexibility index (Phi) is 5.35. The lowest BCUT2D eigenvalue weighted by Gasteiger charge is -2.16. The largest absolute Gasteiger partial charge is 0.504 e. The van der Waals surface area contributed by atoms with Crippen molar-refractivity contribution >= 4 is 17.5 Å². The summed E-state index contributed by atoms with van der Waals surface area (Å²) in [6, 6.07) is 2.88. The number of methoxy groups -OCH3 is 1. The number of benzene rings is 1. The molecule has 0 aliphatic carbocycles. The number of aromatic hydroxyl groups is 1. The number of phenolic OH excluding ortho intramolecular Hbond substituents is 1. The second kappa shape index (κ2) is 6.78. The number of carbonyl (C=O) groups is 2. The summed E-state index contributed by atoms with van der Waals surface area (Å²) in [6.07, 6.45) is 0.692. The first-order valence-corrected chi connectivity index (χ1v) is 6.47. The van der Waals surface area contributed by atoms with Gasteiger partial charge in [0, 0.05) is 5.56 Å². The molecule has 0 radical (unpaired) electrons. The van der Waals surface area contributed by atoms with Crippen LogP contribution in [0.3, 0.4) is 0 Å². The molecule has 6 nitrogen and oxygen atoms in total. The molecule has 0 aromatic heterocycles. The van der Waals surface area contributed by atoms with Crippen molar-refractivity contribution in [2.45, 2.75) is 26.7 Å². The zero-order valence-electron chi connectivity index (χ0n) is 12.1. The molecule has 21 heavy (non-hydrogen) atoms. The zero-order chi connectivity index (χ0) is 16.2. The van der Waals surface area contributed by atoms with Crippen molar-refractivity contribution in [3.63, 3.8) is 0 Å². The van der Waals surface area contributed by atoms with Crippen molar-refractivity contribution in [1.82, 2.24) is 0 Å². The molecule has 0 fully saturated rings. The van der Waals surface area contributed by atoms with Crippen LogP contribution in [-0.2, 0) is 16.0 Å². The van der Waals surface area contributed by atoms with Crippen molar-refractivity contribution in [3.8, 4) is 11.5 Å². The molecule has 0 amide bonds. The maximum Gasteiger partial charge on any atom is 0.343 e. The van der Waals surface area contributed by atoms with Gasteiger partial charge in [-0.2, -0.15) is 0 Å². The van der Waals surface area contributed by atoms with E-state index < -0.39 is 17.5 Å². The molecule has 114 valence electrons. The number of carboxylic acids is 2. The van der Waals surface area contributed by atoms with E-state index in [1.54, 1.807) is 6.92 Å². The lowest BCUT2D eigenvalue weighted by atomic mass is 9.91. The van der Waals surface area contributed by atoms with Gasteiger partial charge in [0.05, 0.1) is 7.11 Å². The van der Waals surface area contributed by atoms with Gasteiger partial charge in [0.15, 0.2) is 11.5 Å². The summed E-state index contributed by atoms with van der Waals surface area (Å²) in [5.74, 6) is -2.82. The number of carboxylic acid groups (broad SMARTS) is 2. The van der Waals surface area contributed by atoms with Crippen LogP contribution in [-0.4, -0.2) is 34.4 Å². The first-order chi connectivity index (χ1) is 9.88. The topological polar surface area (TPSA) is 104 Å². The Hall–Kier alpha value is -2.50. The molecule has 1 rings (SSSR count). The Morgan fingerprint density at radius 3 is 2.10 bits per heavy atom. The van der Waals surface area contributed by atoms with Gasteiger partial charge in [0.25, 0.3) is 0 Å². The zero-order valence-corrected chi connectivity index (χ0v) is 12.1. The summed E-state index contributed by atoms with van der Waals surface area (Å²) in [5, 5.41) is 28.0. The van der Waals surface area contributed by atoms with E-state index in [1.165, 1.54) is 19.2 Å². The van der Waals surface area contributed by atoms with Gasteiger partial charge in [-0.15, -0.1) is 0 Å². The molecule has 0 unspecified atom stereocenters. The molecule has 0 spiro atoms. The molecule has 0 heterocycles. The number of ether oxygens (including phenoxy) is 1. The van der Waals surface area contributed by atoms with Crippen molar-refractivity contribution in [2.75, 3.05) is 7.11 Å². The first-order valence-electron chi connectivity index (χ1n) is 6.47. The van der Waals surface area contributed by atoms with Gasteiger partial charge in [0.2, 0.25) is 0 Å². The third-order valence-corrected chi connectivity index (χ3v) is 3.21. The minimum Gasteiger partial charge on any atom is -0.504 e. The normalized spacial score (nSPS) is 10.0. The summed E-state index contributed by atoms with van der Waals surface area (Å²) in [7, 11) is 1.39. The van der Waals surface area contributed by atoms with E-state index in [0.29, 0.717) is 17.5 Å². The Bertz CT molecular complexity index is 584. The van der Waals surface area contributed by atoms with E-state index in [9.17, 15) is 14.7 Å². The monoisotopic (exact) mass is 294 g/mol. The van der Waals surface area contributed by atoms with Crippen LogP contribution in [0.15, 0.2) is 17.7 Å². The molecule has 1 aromatic carbocycles. The lowest BCUT2D eigenvalue weighted by Crippen LogP contribution is -2.14. The van der Waals surface area contributed by atoms with Crippen LogP contribution < -0.4 is 4.74 Å². The molecular weight excluding hydrogens is 276 g/mol. The fraction of sp³-hybridized carbons (Fsp3) is 0.333. The minimum absolute atomic E-state index is 0.0687. The van der Waals surface area contributed by atoms with Crippen LogP contribution in [0.25, 0.3) is 5.57 Å². The van der Waals surface area contributed by atoms with Crippen LogP contribution in [0.2, 0.25) is 0 Å². The maximum atomic E-state index is 11.2. The summed E-state index contributed by atoms with van der Waals surface area (Å²) in [6.45, 7) is 3.50. The molecule has 0 atom stereocenters. The van der Waals surface area contributed by atoms with E-state index in [-0.39, 0.29) is 23.5 Å². The summed E-state index contributed by atoms with van der Waals surface area (Å²) in [5.41, 5.74) is 0.578. The molecule has 0 saturated carbocycles. The third kappa shape index (κ3) is 3.16. The second-order valence-electron chi connectivity index (χ2n) is 4.32. The SMILES string of the molecule is CCC(=C(C(=O)O)C(=O)O)c1ccc(O)c(OC)c1CC. The number of hydrogen-bond donors (Lipinski definition) is 3. The average molecular weight is 294 g/mol. The number of hydrogen-bond acceptors (Lipinski definition) is 4. The highest BCUT2D eigenvalue weighted by molar-refractivity contribution is 6.18. The number of aliphatic carboxylic acids is 2. The molecule has 3 N–H and O–H groups in total. The second-order valence-corrected chi connectivity index (χ2v) is 4.32. The number of phenols is 1. The summed E-state index contributed by atoms with van der Waals surface area (Å²) < 4.78 is 5.14. The van der Waals surface area contributed by atoms with E-state index in [4.69, 9.17) is 14.9 Å². The summed E-state index contributed by atoms with van der Waals surface area (Å²) in [4.78, 5) is 22.4. The van der Waals surface area contributed by atoms with Gasteiger partial charge >= 0.3 is 11.9 Å². The van der Waals surface area contributed by atoms with E-state index >= 15 is 0 Å². The predicted molar refractivity (Wildman–Crippen MR) is 76.5 cm³/mol. The van der Waals surface area contributed by atoms with Crippen molar-refractivity contribution in [1.29, 1.82) is 0 Å². The minimum atomic E-state index is -1.49. The molecular formula is C15H18O6. The highest BCUT2D eigenvalue weighted by atomic mass is 16.5. The van der Waals surface area contributed by atoms with E-state index in [0.717, 1.165) is 0 Å². The van der Waals surface area contributed by atoms with Crippen LogP contribution in [0.4, 0.5) is 0 Å². The molecule has 0 aliphatic heterocycles. The number of allylic oxidation sites excluding steroid dienone is 1. The van der Waals surface area contributed by atoms with Crippen molar-refractivity contribution in [3.05, 3.63) is 28.8 Å². The average Bonchev–Trinajstić information content (AvgIpc) is 2.43. The van der Waals surface area contributed by atoms with Gasteiger partial charge in [-0.3, -0.25) is 0 Å². The molecule has 0 bridgehead atoms. The fourth-order valence-corrected chi connectivity index (χ4v) is 2.33. The van der Waals surface area contributed by atoms with Crippen molar-refractivity contribution in [2.24, 2.45) is 0 Å². The Morgan fingerprint density at radius 2 is 1.71 bits per heavy atom. The Labute approximate surface area is 122 Å². The highest BCUT2D eigenvalue weighted by Gasteiger charge is 2.24. The standard InChI is InChI=1S/C15H18O6/c1-4-8(12(14(17)18)15(19)20)10-6-7-11(16)13(21-3)9(10)5-2/h6-7,16H,4-5H2,1-3H3,(H,17,18)(H,19,20). The quantitative estimate of drug-likeness (QED) is 0.422. The van der Waals surface area contributed by atoms with Gasteiger partial charge in [-0.1, -0.05) is 19.9 Å². The smallest absolute Gasteiger partial charge is 0.343 e. The molecule has 6 heteroatoms. The molecule has 1 aromatic rings. The maximum absolute atomic E-state index is 11.2. The van der Waals surface area contributed by atoms with Gasteiger partial charge in [0.1, 0.15) is 5.57 Å². The van der Waals surface area contributed by atoms with E-state index in [1.807, 2.05) is 6.92 Å². The van der Waals surface area contributed by atoms with Crippen LogP contribution in [0.5, 0.6) is 11.5 Å². The first kappa shape index (κ1) is 16.6. The van der Waals surface area contributed by atoms with Gasteiger partial charge in [-0.25, -0.2) is 9.59 Å². The van der Waals surface area contributed by atoms with Crippen LogP contribution in [0.1, 0.15) is 31.4 Å². The summed E-state index contributed by atoms with van der Waals surface area (Å²) >= 11 is 0.